The Hall–Kier alpha value is -4.74. The summed E-state index contributed by atoms with van der Waals surface area (Å²) in [7, 11) is 0. The number of halogens is 3. The molecule has 6 rings (SSSR count). The summed E-state index contributed by atoms with van der Waals surface area (Å²) in [5, 5.41) is 11.5. The number of pyridine rings is 2. The Bertz CT molecular complexity index is 1750. The minimum atomic E-state index is -4.55. The Balaban J connectivity index is 1.35. The van der Waals surface area contributed by atoms with Crippen LogP contribution in [-0.2, 0) is 17.4 Å². The third kappa shape index (κ3) is 6.69. The molecule has 234 valence electrons. The number of benzene rings is 1. The Morgan fingerprint density at radius 3 is 2.67 bits per heavy atom. The number of nitrogen functional groups attached to an aromatic ring is 1. The van der Waals surface area contributed by atoms with Crippen LogP contribution < -0.4 is 16.4 Å². The second-order valence-electron chi connectivity index (χ2n) is 11.7. The van der Waals surface area contributed by atoms with Crippen molar-refractivity contribution in [1.29, 1.82) is 0 Å². The fourth-order valence-electron chi connectivity index (χ4n) is 6.21. The fraction of sp³-hybridized carbons (Fsp3) is 0.364. The van der Waals surface area contributed by atoms with E-state index >= 15 is 0 Å². The van der Waals surface area contributed by atoms with E-state index in [0.717, 1.165) is 79.7 Å². The number of nitrogens with zero attached hydrogens (tertiary/aromatic N) is 4. The van der Waals surface area contributed by atoms with Crippen molar-refractivity contribution < 1.29 is 22.8 Å². The molecule has 2 aliphatic rings. The normalized spacial score (nSPS) is 20.1. The lowest BCUT2D eigenvalue weighted by Gasteiger charge is -2.30. The van der Waals surface area contributed by atoms with Crippen molar-refractivity contribution in [2.45, 2.75) is 76.0 Å². The Morgan fingerprint density at radius 1 is 1.04 bits per heavy atom. The Labute approximate surface area is 258 Å². The minimum Gasteiger partial charge on any atom is -0.383 e. The van der Waals surface area contributed by atoms with Crippen LogP contribution in [0.2, 0.25) is 0 Å². The van der Waals surface area contributed by atoms with Crippen LogP contribution in [0.3, 0.4) is 0 Å². The van der Waals surface area contributed by atoms with Crippen LogP contribution in [0.25, 0.3) is 22.2 Å². The molecule has 1 aromatic carbocycles. The van der Waals surface area contributed by atoms with Crippen molar-refractivity contribution in [2.75, 3.05) is 11.1 Å². The molecule has 2 atom stereocenters. The van der Waals surface area contributed by atoms with Crippen LogP contribution >= 0.6 is 0 Å². The summed E-state index contributed by atoms with van der Waals surface area (Å²) in [6.07, 6.45) is 9.92. The standard InChI is InChI=1S/C33H34F3N7O2/c34-33(35,36)23-15-16-38-26(17-23)41-32(45)21-13-11-20(12-14-21)29-28-30-22(19-39-31(28)37)7-4-2-1-3-5-10-27(44)40-24-8-6-9-25(18-24)43(30)42-29/h2,4,11-17,19,24-25H,1,3,5-10,18H2,(H2,37,39)(H,40,44)(H,38,41,45)/b4-2+/t24-,25-/m1/s1. The Morgan fingerprint density at radius 2 is 1.87 bits per heavy atom. The molecule has 3 aromatic heterocycles. The summed E-state index contributed by atoms with van der Waals surface area (Å²) in [6, 6.07) is 8.39. The maximum atomic E-state index is 13.1. The van der Waals surface area contributed by atoms with Gasteiger partial charge in [-0.15, -0.1) is 0 Å². The zero-order chi connectivity index (χ0) is 31.6. The SMILES string of the molecule is Nc1ncc2c3c1c(-c1ccc(C(=O)Nc4cc(C(F)(F)F)ccn4)cc1)nn3[C@@H]1CCC[C@H](C1)NC(=O)CCCC/C=C/C2. The molecule has 0 spiro atoms. The van der Waals surface area contributed by atoms with Gasteiger partial charge in [0.25, 0.3) is 5.91 Å². The van der Waals surface area contributed by atoms with E-state index in [4.69, 9.17) is 10.8 Å². The number of amides is 2. The fourth-order valence-corrected chi connectivity index (χ4v) is 6.21. The van der Waals surface area contributed by atoms with Crippen molar-refractivity contribution in [2.24, 2.45) is 0 Å². The van der Waals surface area contributed by atoms with Gasteiger partial charge in [0.2, 0.25) is 5.91 Å². The number of hydrogen-bond acceptors (Lipinski definition) is 6. The number of carbonyl (C=O) groups excluding carboxylic acids is 2. The molecule has 2 bridgehead atoms. The molecule has 2 amide bonds. The van der Waals surface area contributed by atoms with E-state index in [0.29, 0.717) is 29.9 Å². The number of allylic oxidation sites excluding steroid dienone is 2. The second-order valence-corrected chi connectivity index (χ2v) is 11.7. The van der Waals surface area contributed by atoms with Gasteiger partial charge in [0.15, 0.2) is 0 Å². The molecule has 4 heterocycles. The quantitative estimate of drug-likeness (QED) is 0.222. The topological polar surface area (TPSA) is 128 Å². The van der Waals surface area contributed by atoms with Crippen LogP contribution in [0.4, 0.5) is 24.8 Å². The molecule has 1 aliphatic heterocycles. The predicted molar refractivity (Wildman–Crippen MR) is 165 cm³/mol. The lowest BCUT2D eigenvalue weighted by atomic mass is 9.90. The largest absolute Gasteiger partial charge is 0.416 e. The van der Waals surface area contributed by atoms with Gasteiger partial charge in [-0.05, 0) is 75.6 Å². The van der Waals surface area contributed by atoms with Crippen molar-refractivity contribution in [1.82, 2.24) is 25.1 Å². The van der Waals surface area contributed by atoms with E-state index in [1.165, 1.54) is 0 Å². The average molecular weight is 618 g/mol. The first-order valence-electron chi connectivity index (χ1n) is 15.2. The van der Waals surface area contributed by atoms with Gasteiger partial charge in [0.05, 0.1) is 22.5 Å². The zero-order valence-corrected chi connectivity index (χ0v) is 24.6. The summed E-state index contributed by atoms with van der Waals surface area (Å²) < 4.78 is 41.3. The molecule has 4 aromatic rings. The number of anilines is 2. The van der Waals surface area contributed by atoms with Gasteiger partial charge >= 0.3 is 6.18 Å². The molecule has 1 aliphatic carbocycles. The lowest BCUT2D eigenvalue weighted by Crippen LogP contribution is -2.39. The molecular formula is C33H34F3N7O2. The van der Waals surface area contributed by atoms with Crippen LogP contribution in [0.5, 0.6) is 0 Å². The van der Waals surface area contributed by atoms with Gasteiger partial charge < -0.3 is 16.4 Å². The van der Waals surface area contributed by atoms with Crippen molar-refractivity contribution in [3.8, 4) is 11.3 Å². The van der Waals surface area contributed by atoms with E-state index in [1.54, 1.807) is 30.5 Å². The molecule has 45 heavy (non-hydrogen) atoms. The summed E-state index contributed by atoms with van der Waals surface area (Å²) in [5.41, 5.74) is 9.09. The molecule has 1 saturated carbocycles. The monoisotopic (exact) mass is 617 g/mol. The maximum absolute atomic E-state index is 13.1. The van der Waals surface area contributed by atoms with Gasteiger partial charge in [-0.25, -0.2) is 9.97 Å². The van der Waals surface area contributed by atoms with E-state index in [-0.39, 0.29) is 29.4 Å². The van der Waals surface area contributed by atoms with Crippen LogP contribution in [-0.4, -0.2) is 37.6 Å². The number of nitrogens with one attached hydrogen (secondary N) is 2. The average Bonchev–Trinajstić information content (AvgIpc) is 3.43. The number of fused-ring (bicyclic) bond motifs is 3. The molecule has 9 nitrogen and oxygen atoms in total. The highest BCUT2D eigenvalue weighted by atomic mass is 19.4. The lowest BCUT2D eigenvalue weighted by molar-refractivity contribution is -0.137. The van der Waals surface area contributed by atoms with Gasteiger partial charge in [-0.3, -0.25) is 14.3 Å². The van der Waals surface area contributed by atoms with E-state index in [2.05, 4.69) is 32.8 Å². The smallest absolute Gasteiger partial charge is 0.383 e. The highest BCUT2D eigenvalue weighted by Gasteiger charge is 2.31. The van der Waals surface area contributed by atoms with Crippen molar-refractivity contribution in [3.05, 3.63) is 77.6 Å². The highest BCUT2D eigenvalue weighted by molar-refractivity contribution is 6.05. The van der Waals surface area contributed by atoms with Crippen molar-refractivity contribution >= 4 is 34.4 Å². The van der Waals surface area contributed by atoms with Crippen LogP contribution in [0.1, 0.15) is 78.9 Å². The molecule has 12 heteroatoms. The van der Waals surface area contributed by atoms with Crippen molar-refractivity contribution in [3.63, 3.8) is 0 Å². The van der Waals surface area contributed by atoms with Gasteiger partial charge in [0.1, 0.15) is 17.3 Å². The number of alkyl halides is 3. The Kier molecular flexibility index (Phi) is 8.55. The first-order chi connectivity index (χ1) is 21.7. The third-order valence-corrected chi connectivity index (χ3v) is 8.47. The summed E-state index contributed by atoms with van der Waals surface area (Å²) >= 11 is 0. The van der Waals surface area contributed by atoms with Crippen LogP contribution in [0, 0.1) is 0 Å². The molecule has 0 saturated heterocycles. The maximum Gasteiger partial charge on any atom is 0.416 e. The van der Waals surface area contributed by atoms with E-state index in [9.17, 15) is 22.8 Å². The third-order valence-electron chi connectivity index (χ3n) is 8.47. The van der Waals surface area contributed by atoms with Crippen LogP contribution in [0.15, 0.2) is 60.9 Å². The molecule has 0 radical (unpaired) electrons. The van der Waals surface area contributed by atoms with Gasteiger partial charge in [0, 0.05) is 41.5 Å². The second kappa shape index (κ2) is 12.7. The first-order valence-corrected chi connectivity index (χ1v) is 15.2. The van der Waals surface area contributed by atoms with E-state index < -0.39 is 17.6 Å². The van der Waals surface area contributed by atoms with Gasteiger partial charge in [-0.2, -0.15) is 18.3 Å². The number of hydrogen-bond donors (Lipinski definition) is 3. The zero-order valence-electron chi connectivity index (χ0n) is 24.6. The van der Waals surface area contributed by atoms with Gasteiger partial charge in [-0.1, -0.05) is 24.3 Å². The summed E-state index contributed by atoms with van der Waals surface area (Å²) in [5.74, 6) is -0.359. The minimum absolute atomic E-state index is 0.0416. The predicted octanol–water partition coefficient (Wildman–Crippen LogP) is 6.62. The number of aromatic nitrogens is 4. The highest BCUT2D eigenvalue weighted by Crippen LogP contribution is 2.39. The molecular weight excluding hydrogens is 583 g/mol. The van der Waals surface area contributed by atoms with E-state index in [1.807, 2.05) is 4.68 Å². The molecule has 4 N–H and O–H groups in total. The first kappa shape index (κ1) is 30.3. The molecule has 1 fully saturated rings. The number of rotatable bonds is 3. The number of carbonyl (C=O) groups is 2. The number of nitrogens with two attached hydrogens (primary N) is 1. The summed E-state index contributed by atoms with van der Waals surface area (Å²) in [4.78, 5) is 33.9. The summed E-state index contributed by atoms with van der Waals surface area (Å²) in [6.45, 7) is 0. The molecule has 0 unspecified atom stereocenters.